The number of aromatic carboxylic acids is 1. The minimum absolute atomic E-state index is 0.0909. The third-order valence-corrected chi connectivity index (χ3v) is 4.80. The van der Waals surface area contributed by atoms with E-state index in [2.05, 4.69) is 9.80 Å². The summed E-state index contributed by atoms with van der Waals surface area (Å²) >= 11 is 0. The lowest BCUT2D eigenvalue weighted by Gasteiger charge is -2.40. The smallest absolute Gasteiger partial charge is 0.372 e. The van der Waals surface area contributed by atoms with E-state index in [9.17, 15) is 4.79 Å². The Morgan fingerprint density at radius 1 is 1.19 bits per heavy atom. The molecule has 1 aromatic heterocycles. The molecule has 0 atom stereocenters. The standard InChI is InChI=1S/C16H24N2O3/c19-16(20)15-13(6-11-21-15)12-17-9-4-14(5-10-17)18-7-2-1-3-8-18/h6,11,14H,1-5,7-10,12H2,(H,19,20). The highest BCUT2D eigenvalue weighted by Gasteiger charge is 2.26. The fraction of sp³-hybridized carbons (Fsp3) is 0.688. The van der Waals surface area contributed by atoms with Gasteiger partial charge < -0.3 is 14.4 Å². The highest BCUT2D eigenvalue weighted by molar-refractivity contribution is 5.86. The van der Waals surface area contributed by atoms with Crippen molar-refractivity contribution >= 4 is 5.97 Å². The lowest BCUT2D eigenvalue weighted by molar-refractivity contribution is 0.0654. The molecule has 0 bridgehead atoms. The van der Waals surface area contributed by atoms with Crippen molar-refractivity contribution in [1.82, 2.24) is 9.80 Å². The molecule has 0 saturated carbocycles. The number of piperidine rings is 2. The molecule has 0 spiro atoms. The van der Waals surface area contributed by atoms with Crippen LogP contribution in [0.2, 0.25) is 0 Å². The maximum Gasteiger partial charge on any atom is 0.372 e. The quantitative estimate of drug-likeness (QED) is 0.923. The topological polar surface area (TPSA) is 56.9 Å². The molecule has 0 unspecified atom stereocenters. The SMILES string of the molecule is O=C(O)c1occc1CN1CCC(N2CCCCC2)CC1. The van der Waals surface area contributed by atoms with Crippen LogP contribution in [0.1, 0.15) is 48.2 Å². The molecule has 0 amide bonds. The number of likely N-dealkylation sites (tertiary alicyclic amines) is 2. The van der Waals surface area contributed by atoms with Crippen molar-refractivity contribution in [2.75, 3.05) is 26.2 Å². The largest absolute Gasteiger partial charge is 0.475 e. The number of nitrogens with zero attached hydrogens (tertiary/aromatic N) is 2. The second-order valence-corrected chi connectivity index (χ2v) is 6.18. The highest BCUT2D eigenvalue weighted by atomic mass is 16.4. The van der Waals surface area contributed by atoms with Gasteiger partial charge in [0.2, 0.25) is 5.76 Å². The van der Waals surface area contributed by atoms with Crippen molar-refractivity contribution in [2.24, 2.45) is 0 Å². The molecule has 3 rings (SSSR count). The Balaban J connectivity index is 1.51. The van der Waals surface area contributed by atoms with Gasteiger partial charge in [-0.25, -0.2) is 4.79 Å². The maximum absolute atomic E-state index is 11.1. The number of rotatable bonds is 4. The molecule has 21 heavy (non-hydrogen) atoms. The van der Waals surface area contributed by atoms with Gasteiger partial charge in [-0.2, -0.15) is 0 Å². The molecule has 5 nitrogen and oxygen atoms in total. The fourth-order valence-electron chi connectivity index (χ4n) is 3.61. The summed E-state index contributed by atoms with van der Waals surface area (Å²) in [5, 5.41) is 9.08. The summed E-state index contributed by atoms with van der Waals surface area (Å²) in [4.78, 5) is 16.1. The Bertz CT molecular complexity index is 472. The Labute approximate surface area is 125 Å². The first-order chi connectivity index (χ1) is 10.2. The van der Waals surface area contributed by atoms with Gasteiger partial charge in [-0.3, -0.25) is 4.90 Å². The van der Waals surface area contributed by atoms with Gasteiger partial charge in [0.25, 0.3) is 0 Å². The van der Waals surface area contributed by atoms with Crippen LogP contribution in [0.25, 0.3) is 0 Å². The van der Waals surface area contributed by atoms with Gasteiger partial charge in [0, 0.05) is 18.2 Å². The molecule has 1 aromatic rings. The van der Waals surface area contributed by atoms with E-state index in [1.165, 1.54) is 51.5 Å². The molecule has 1 N–H and O–H groups in total. The summed E-state index contributed by atoms with van der Waals surface area (Å²) < 4.78 is 5.05. The van der Waals surface area contributed by atoms with Gasteiger partial charge in [-0.1, -0.05) is 6.42 Å². The number of hydrogen-bond acceptors (Lipinski definition) is 4. The van der Waals surface area contributed by atoms with Crippen LogP contribution in [0.5, 0.6) is 0 Å². The molecule has 2 aliphatic rings. The molecule has 116 valence electrons. The number of carbonyl (C=O) groups is 1. The van der Waals surface area contributed by atoms with Crippen molar-refractivity contribution in [3.8, 4) is 0 Å². The third kappa shape index (κ3) is 3.47. The monoisotopic (exact) mass is 292 g/mol. The van der Waals surface area contributed by atoms with Crippen molar-refractivity contribution in [3.63, 3.8) is 0 Å². The number of hydrogen-bond donors (Lipinski definition) is 1. The second-order valence-electron chi connectivity index (χ2n) is 6.18. The van der Waals surface area contributed by atoms with E-state index in [-0.39, 0.29) is 5.76 Å². The predicted octanol–water partition coefficient (Wildman–Crippen LogP) is 2.43. The molecule has 5 heteroatoms. The average molecular weight is 292 g/mol. The van der Waals surface area contributed by atoms with Crippen molar-refractivity contribution in [2.45, 2.75) is 44.7 Å². The van der Waals surface area contributed by atoms with Crippen LogP contribution < -0.4 is 0 Å². The van der Waals surface area contributed by atoms with Crippen LogP contribution in [0.15, 0.2) is 16.7 Å². The van der Waals surface area contributed by atoms with E-state index >= 15 is 0 Å². The molecule has 0 aliphatic carbocycles. The van der Waals surface area contributed by atoms with Crippen molar-refractivity contribution in [3.05, 3.63) is 23.7 Å². The number of carboxylic acids is 1. The van der Waals surface area contributed by atoms with Gasteiger partial charge >= 0.3 is 5.97 Å². The zero-order valence-electron chi connectivity index (χ0n) is 12.5. The molecule has 0 radical (unpaired) electrons. The zero-order valence-corrected chi connectivity index (χ0v) is 12.5. The lowest BCUT2D eigenvalue weighted by atomic mass is 9.99. The van der Waals surface area contributed by atoms with Crippen molar-refractivity contribution in [1.29, 1.82) is 0 Å². The Kier molecular flexibility index (Phi) is 4.60. The van der Waals surface area contributed by atoms with Crippen LogP contribution in [0.4, 0.5) is 0 Å². The fourth-order valence-corrected chi connectivity index (χ4v) is 3.61. The first-order valence-electron chi connectivity index (χ1n) is 8.00. The molecule has 2 saturated heterocycles. The van der Waals surface area contributed by atoms with Crippen LogP contribution in [-0.2, 0) is 6.54 Å². The first-order valence-corrected chi connectivity index (χ1v) is 8.00. The van der Waals surface area contributed by atoms with E-state index in [0.717, 1.165) is 24.7 Å². The zero-order chi connectivity index (χ0) is 14.7. The predicted molar refractivity (Wildman–Crippen MR) is 79.4 cm³/mol. The minimum atomic E-state index is -0.974. The molecular formula is C16H24N2O3. The van der Waals surface area contributed by atoms with Gasteiger partial charge in [-0.15, -0.1) is 0 Å². The summed E-state index contributed by atoms with van der Waals surface area (Å²) in [5.74, 6) is -0.883. The highest BCUT2D eigenvalue weighted by Crippen LogP contribution is 2.22. The van der Waals surface area contributed by atoms with Crippen LogP contribution in [-0.4, -0.2) is 53.1 Å². The van der Waals surface area contributed by atoms with E-state index in [1.807, 2.05) is 0 Å². The second kappa shape index (κ2) is 6.62. The summed E-state index contributed by atoms with van der Waals surface area (Å²) in [7, 11) is 0. The van der Waals surface area contributed by atoms with Gasteiger partial charge in [0.1, 0.15) is 0 Å². The third-order valence-electron chi connectivity index (χ3n) is 4.80. The summed E-state index contributed by atoms with van der Waals surface area (Å²) in [6, 6.07) is 2.50. The average Bonchev–Trinajstić information content (AvgIpc) is 2.97. The van der Waals surface area contributed by atoms with Gasteiger partial charge in [0.05, 0.1) is 6.26 Å². The molecular weight excluding hydrogens is 268 g/mol. The number of furan rings is 1. The Morgan fingerprint density at radius 2 is 1.90 bits per heavy atom. The Morgan fingerprint density at radius 3 is 2.57 bits per heavy atom. The lowest BCUT2D eigenvalue weighted by Crippen LogP contribution is -2.46. The summed E-state index contributed by atoms with van der Waals surface area (Å²) in [5.41, 5.74) is 0.791. The van der Waals surface area contributed by atoms with E-state index in [0.29, 0.717) is 6.54 Å². The van der Waals surface area contributed by atoms with Crippen LogP contribution in [0, 0.1) is 0 Å². The molecule has 0 aromatic carbocycles. The summed E-state index contributed by atoms with van der Waals surface area (Å²) in [6.07, 6.45) is 7.93. The van der Waals surface area contributed by atoms with Crippen LogP contribution in [0.3, 0.4) is 0 Å². The first kappa shape index (κ1) is 14.6. The van der Waals surface area contributed by atoms with Gasteiger partial charge in [-0.05, 0) is 57.9 Å². The van der Waals surface area contributed by atoms with Gasteiger partial charge in [0.15, 0.2) is 0 Å². The Hall–Kier alpha value is -1.33. The van der Waals surface area contributed by atoms with E-state index in [4.69, 9.17) is 9.52 Å². The molecule has 3 heterocycles. The van der Waals surface area contributed by atoms with Crippen LogP contribution >= 0.6 is 0 Å². The normalized spacial score (nSPS) is 22.5. The summed E-state index contributed by atoms with van der Waals surface area (Å²) in [6.45, 7) is 5.30. The molecule has 2 fully saturated rings. The van der Waals surface area contributed by atoms with E-state index < -0.39 is 5.97 Å². The van der Waals surface area contributed by atoms with Crippen molar-refractivity contribution < 1.29 is 14.3 Å². The molecule has 2 aliphatic heterocycles. The minimum Gasteiger partial charge on any atom is -0.475 e. The maximum atomic E-state index is 11.1. The number of carboxylic acid groups (broad SMARTS) is 1. The van der Waals surface area contributed by atoms with E-state index in [1.54, 1.807) is 6.07 Å².